The van der Waals surface area contributed by atoms with E-state index < -0.39 is 0 Å². The number of amides is 2. The fourth-order valence-electron chi connectivity index (χ4n) is 2.62. The van der Waals surface area contributed by atoms with Crippen LogP contribution in [0.15, 0.2) is 0 Å². The minimum atomic E-state index is -0.107. The first-order valence-electron chi connectivity index (χ1n) is 9.73. The van der Waals surface area contributed by atoms with Crippen molar-refractivity contribution in [2.24, 2.45) is 0 Å². The molecule has 0 aromatic heterocycles. The highest BCUT2D eigenvalue weighted by Gasteiger charge is 2.18. The molecule has 0 aliphatic heterocycles. The molecule has 0 radical (unpaired) electrons. The van der Waals surface area contributed by atoms with Crippen molar-refractivity contribution in [1.29, 1.82) is 0 Å². The monoisotopic (exact) mass is 523 g/mol. The maximum atomic E-state index is 11.7. The third-order valence-electron chi connectivity index (χ3n) is 4.25. The number of anilines is 1. The van der Waals surface area contributed by atoms with Crippen molar-refractivity contribution < 1.29 is 4.79 Å². The number of carbonyl (C=O) groups is 1. The van der Waals surface area contributed by atoms with E-state index in [4.69, 9.17) is 69.6 Å². The third-order valence-corrected chi connectivity index (χ3v) is 6.79. The molecule has 1 aromatic carbocycles. The Labute approximate surface area is 203 Å². The van der Waals surface area contributed by atoms with Crippen LogP contribution >= 0.6 is 69.6 Å². The van der Waals surface area contributed by atoms with E-state index in [1.165, 1.54) is 0 Å². The fourth-order valence-corrected chi connectivity index (χ4v) is 4.08. The summed E-state index contributed by atoms with van der Waals surface area (Å²) < 4.78 is 0. The SMILES string of the molecule is O=C(NCCCCCCCl)NCCCCCCNc1c(Cl)c(Cl)c(Cl)c(Cl)c1Cl. The Morgan fingerprint density at radius 3 is 1.48 bits per heavy atom. The number of rotatable bonds is 14. The van der Waals surface area contributed by atoms with Crippen LogP contribution in [0.5, 0.6) is 0 Å². The molecule has 0 saturated heterocycles. The summed E-state index contributed by atoms with van der Waals surface area (Å²) in [5, 5.41) is 9.94. The maximum absolute atomic E-state index is 11.7. The number of nitrogens with one attached hydrogen (secondary N) is 3. The topological polar surface area (TPSA) is 53.2 Å². The Morgan fingerprint density at radius 1 is 0.586 bits per heavy atom. The molecule has 1 aromatic rings. The summed E-state index contributed by atoms with van der Waals surface area (Å²) in [7, 11) is 0. The van der Waals surface area contributed by atoms with Gasteiger partial charge in [-0.2, -0.15) is 0 Å². The van der Waals surface area contributed by atoms with Gasteiger partial charge in [0.25, 0.3) is 0 Å². The summed E-state index contributed by atoms with van der Waals surface area (Å²) in [5.74, 6) is 0.704. The number of hydrogen-bond acceptors (Lipinski definition) is 2. The van der Waals surface area contributed by atoms with Gasteiger partial charge in [0.2, 0.25) is 0 Å². The molecule has 2 amide bonds. The number of alkyl halides is 1. The van der Waals surface area contributed by atoms with Crippen LogP contribution in [0.4, 0.5) is 10.5 Å². The number of halogens is 6. The lowest BCUT2D eigenvalue weighted by atomic mass is 10.2. The quantitative estimate of drug-likeness (QED) is 0.0996. The number of urea groups is 1. The van der Waals surface area contributed by atoms with Crippen molar-refractivity contribution in [2.75, 3.05) is 30.8 Å². The molecule has 4 nitrogen and oxygen atoms in total. The lowest BCUT2D eigenvalue weighted by Gasteiger charge is -2.14. The van der Waals surface area contributed by atoms with Crippen LogP contribution in [0, 0.1) is 0 Å². The molecule has 0 fully saturated rings. The third kappa shape index (κ3) is 10.3. The Bertz CT molecular complexity index is 616. The Hall–Kier alpha value is 0.0300. The highest BCUT2D eigenvalue weighted by Crippen LogP contribution is 2.46. The average molecular weight is 526 g/mol. The van der Waals surface area contributed by atoms with Crippen molar-refractivity contribution in [3.8, 4) is 0 Å². The summed E-state index contributed by atoms with van der Waals surface area (Å²) in [6, 6.07) is -0.107. The van der Waals surface area contributed by atoms with Gasteiger partial charge in [0.05, 0.1) is 30.8 Å². The molecular formula is C19H27Cl6N3O. The highest BCUT2D eigenvalue weighted by molar-refractivity contribution is 6.56. The first-order valence-corrected chi connectivity index (χ1v) is 12.2. The molecule has 0 atom stereocenters. The average Bonchev–Trinajstić information content (AvgIpc) is 2.71. The summed E-state index contributed by atoms with van der Waals surface area (Å²) in [6.07, 6.45) is 8.05. The minimum Gasteiger partial charge on any atom is -0.383 e. The second kappa shape index (κ2) is 15.8. The molecule has 0 saturated carbocycles. The molecule has 0 spiro atoms. The first kappa shape index (κ1) is 27.1. The van der Waals surface area contributed by atoms with Crippen LogP contribution in [-0.4, -0.2) is 31.5 Å². The molecule has 0 unspecified atom stereocenters. The Balaban J connectivity index is 2.09. The van der Waals surface area contributed by atoms with Crippen LogP contribution < -0.4 is 16.0 Å². The van der Waals surface area contributed by atoms with E-state index in [2.05, 4.69) is 16.0 Å². The molecule has 0 heterocycles. The van der Waals surface area contributed by atoms with Gasteiger partial charge in [-0.05, 0) is 25.7 Å². The van der Waals surface area contributed by atoms with E-state index >= 15 is 0 Å². The largest absolute Gasteiger partial charge is 0.383 e. The molecule has 166 valence electrons. The number of unbranched alkanes of at least 4 members (excludes halogenated alkanes) is 6. The zero-order valence-corrected chi connectivity index (χ0v) is 20.7. The van der Waals surface area contributed by atoms with Gasteiger partial charge in [-0.15, -0.1) is 11.6 Å². The molecule has 3 N–H and O–H groups in total. The predicted molar refractivity (Wildman–Crippen MR) is 129 cm³/mol. The fraction of sp³-hybridized carbons (Fsp3) is 0.632. The Kier molecular flexibility index (Phi) is 14.7. The van der Waals surface area contributed by atoms with Crippen LogP contribution in [0.2, 0.25) is 25.1 Å². The molecule has 29 heavy (non-hydrogen) atoms. The van der Waals surface area contributed by atoms with Crippen molar-refractivity contribution in [1.82, 2.24) is 10.6 Å². The van der Waals surface area contributed by atoms with Gasteiger partial charge in [0.1, 0.15) is 0 Å². The van der Waals surface area contributed by atoms with Gasteiger partial charge in [0, 0.05) is 25.5 Å². The molecule has 0 aliphatic rings. The lowest BCUT2D eigenvalue weighted by Crippen LogP contribution is -2.36. The van der Waals surface area contributed by atoms with Gasteiger partial charge in [-0.1, -0.05) is 83.7 Å². The van der Waals surface area contributed by atoms with E-state index in [1.54, 1.807) is 0 Å². The lowest BCUT2D eigenvalue weighted by molar-refractivity contribution is 0.240. The second-order valence-electron chi connectivity index (χ2n) is 6.57. The highest BCUT2D eigenvalue weighted by atomic mass is 35.5. The Morgan fingerprint density at radius 2 is 1.00 bits per heavy atom. The molecular weight excluding hydrogens is 499 g/mol. The summed E-state index contributed by atoms with van der Waals surface area (Å²) in [4.78, 5) is 11.7. The summed E-state index contributed by atoms with van der Waals surface area (Å²) >= 11 is 36.1. The predicted octanol–water partition coefficient (Wildman–Crippen LogP) is 8.02. The van der Waals surface area contributed by atoms with Crippen LogP contribution in [-0.2, 0) is 0 Å². The van der Waals surface area contributed by atoms with Crippen LogP contribution in [0.1, 0.15) is 51.4 Å². The van der Waals surface area contributed by atoms with Crippen LogP contribution in [0.25, 0.3) is 0 Å². The van der Waals surface area contributed by atoms with Crippen molar-refractivity contribution >= 4 is 81.3 Å². The molecule has 1 rings (SSSR count). The van der Waals surface area contributed by atoms with Crippen molar-refractivity contribution in [3.05, 3.63) is 25.1 Å². The van der Waals surface area contributed by atoms with E-state index in [-0.39, 0.29) is 31.1 Å². The van der Waals surface area contributed by atoms with E-state index in [0.717, 1.165) is 51.4 Å². The smallest absolute Gasteiger partial charge is 0.314 e. The first-order chi connectivity index (χ1) is 13.9. The van der Waals surface area contributed by atoms with Crippen LogP contribution in [0.3, 0.4) is 0 Å². The standard InChI is InChI=1S/C19H27Cl6N3O/c20-9-5-1-2-7-11-27-19(29)28-12-8-4-3-6-10-26-18-16(24)14(22)13(21)15(23)17(18)25/h26H,1-12H2,(H2,27,28,29). The zero-order valence-electron chi connectivity index (χ0n) is 16.2. The molecule has 0 aliphatic carbocycles. The van der Waals surface area contributed by atoms with E-state index in [9.17, 15) is 4.79 Å². The number of hydrogen-bond donors (Lipinski definition) is 3. The van der Waals surface area contributed by atoms with Gasteiger partial charge in [0.15, 0.2) is 0 Å². The number of benzene rings is 1. The van der Waals surface area contributed by atoms with Gasteiger partial charge in [-0.3, -0.25) is 0 Å². The molecule has 10 heteroatoms. The van der Waals surface area contributed by atoms with Gasteiger partial charge in [-0.25, -0.2) is 4.79 Å². The minimum absolute atomic E-state index is 0.107. The second-order valence-corrected chi connectivity index (χ2v) is 8.84. The van der Waals surface area contributed by atoms with E-state index in [0.29, 0.717) is 31.2 Å². The van der Waals surface area contributed by atoms with Gasteiger partial charge < -0.3 is 16.0 Å². The molecule has 0 bridgehead atoms. The van der Waals surface area contributed by atoms with Crippen molar-refractivity contribution in [2.45, 2.75) is 51.4 Å². The zero-order chi connectivity index (χ0) is 21.6. The summed E-state index contributed by atoms with van der Waals surface area (Å²) in [6.45, 7) is 2.03. The van der Waals surface area contributed by atoms with Gasteiger partial charge >= 0.3 is 6.03 Å². The van der Waals surface area contributed by atoms with E-state index in [1.807, 2.05) is 0 Å². The summed E-state index contributed by atoms with van der Waals surface area (Å²) in [5.41, 5.74) is 0.494. The normalized spacial score (nSPS) is 10.8. The number of carbonyl (C=O) groups excluding carboxylic acids is 1. The maximum Gasteiger partial charge on any atom is 0.314 e. The van der Waals surface area contributed by atoms with Crippen molar-refractivity contribution in [3.63, 3.8) is 0 Å².